The molecule has 2 aromatic rings. The molecular formula is C22H27ClN2O2. The Morgan fingerprint density at radius 2 is 1.85 bits per heavy atom. The van der Waals surface area contributed by atoms with E-state index in [4.69, 9.17) is 16.3 Å². The Morgan fingerprint density at radius 1 is 1.19 bits per heavy atom. The second-order valence-corrected chi connectivity index (χ2v) is 7.60. The second-order valence-electron chi connectivity index (χ2n) is 7.20. The number of benzene rings is 2. The fraction of sp³-hybridized carbons (Fsp3) is 0.409. The topological polar surface area (TPSA) is 41.6 Å². The number of carbonyl (C=O) groups excluding carboxylic acids is 1. The third-order valence-corrected chi connectivity index (χ3v) is 5.66. The number of carbonyl (C=O) groups is 1. The largest absolute Gasteiger partial charge is 0.497 e. The van der Waals surface area contributed by atoms with Gasteiger partial charge in [0.15, 0.2) is 0 Å². The van der Waals surface area contributed by atoms with E-state index in [1.165, 1.54) is 18.4 Å². The lowest BCUT2D eigenvalue weighted by molar-refractivity contribution is 0.0913. The van der Waals surface area contributed by atoms with Gasteiger partial charge < -0.3 is 10.1 Å². The SMILES string of the molecule is COc1ccc(C(CNC(=O)c2ccccc2Cl)N2CCC(C)CC2)cc1. The van der Waals surface area contributed by atoms with Gasteiger partial charge in [-0.1, -0.05) is 42.8 Å². The summed E-state index contributed by atoms with van der Waals surface area (Å²) >= 11 is 6.16. The highest BCUT2D eigenvalue weighted by Crippen LogP contribution is 2.28. The molecule has 0 saturated carbocycles. The number of methoxy groups -OCH3 is 1. The Labute approximate surface area is 166 Å². The third-order valence-electron chi connectivity index (χ3n) is 5.33. The lowest BCUT2D eigenvalue weighted by atomic mass is 9.95. The predicted molar refractivity (Wildman–Crippen MR) is 109 cm³/mol. The van der Waals surface area contributed by atoms with Crippen LogP contribution in [-0.4, -0.2) is 37.6 Å². The van der Waals surface area contributed by atoms with Crippen LogP contribution in [0.1, 0.15) is 41.7 Å². The first-order valence-electron chi connectivity index (χ1n) is 9.49. The summed E-state index contributed by atoms with van der Waals surface area (Å²) in [4.78, 5) is 15.1. The average molecular weight is 387 g/mol. The molecule has 1 heterocycles. The summed E-state index contributed by atoms with van der Waals surface area (Å²) in [6, 6.07) is 15.4. The maximum absolute atomic E-state index is 12.6. The van der Waals surface area contributed by atoms with E-state index >= 15 is 0 Å². The predicted octanol–water partition coefficient (Wildman–Crippen LogP) is 4.55. The fourth-order valence-electron chi connectivity index (χ4n) is 3.55. The first-order valence-corrected chi connectivity index (χ1v) is 9.87. The molecule has 5 heteroatoms. The second kappa shape index (κ2) is 9.25. The third kappa shape index (κ3) is 5.02. The van der Waals surface area contributed by atoms with Gasteiger partial charge in [-0.15, -0.1) is 0 Å². The van der Waals surface area contributed by atoms with Gasteiger partial charge >= 0.3 is 0 Å². The van der Waals surface area contributed by atoms with Gasteiger partial charge in [-0.25, -0.2) is 0 Å². The molecule has 0 aliphatic carbocycles. The van der Waals surface area contributed by atoms with E-state index in [1.807, 2.05) is 24.3 Å². The first kappa shape index (κ1) is 19.7. The van der Waals surface area contributed by atoms with Gasteiger partial charge in [-0.2, -0.15) is 0 Å². The number of amides is 1. The Bertz CT molecular complexity index is 755. The van der Waals surface area contributed by atoms with Crippen LogP contribution in [0, 0.1) is 5.92 Å². The maximum atomic E-state index is 12.6. The van der Waals surface area contributed by atoms with Gasteiger partial charge in [-0.3, -0.25) is 9.69 Å². The molecule has 27 heavy (non-hydrogen) atoms. The molecule has 4 nitrogen and oxygen atoms in total. The molecule has 1 unspecified atom stereocenters. The van der Waals surface area contributed by atoms with Crippen LogP contribution < -0.4 is 10.1 Å². The first-order chi connectivity index (χ1) is 13.1. The van der Waals surface area contributed by atoms with Crippen LogP contribution in [0.5, 0.6) is 5.75 Å². The van der Waals surface area contributed by atoms with Crippen molar-refractivity contribution in [2.45, 2.75) is 25.8 Å². The summed E-state index contributed by atoms with van der Waals surface area (Å²) in [5.41, 5.74) is 1.70. The molecule has 0 bridgehead atoms. The van der Waals surface area contributed by atoms with Crippen molar-refractivity contribution in [2.75, 3.05) is 26.7 Å². The van der Waals surface area contributed by atoms with Gasteiger partial charge in [0, 0.05) is 6.54 Å². The number of rotatable bonds is 6. The normalized spacial score (nSPS) is 16.7. The minimum Gasteiger partial charge on any atom is -0.497 e. The maximum Gasteiger partial charge on any atom is 0.252 e. The van der Waals surface area contributed by atoms with Crippen molar-refractivity contribution in [1.82, 2.24) is 10.2 Å². The fourth-order valence-corrected chi connectivity index (χ4v) is 3.78. The summed E-state index contributed by atoms with van der Waals surface area (Å²) < 4.78 is 5.28. The number of halogens is 1. The van der Waals surface area contributed by atoms with E-state index in [1.54, 1.807) is 19.2 Å². The minimum absolute atomic E-state index is 0.134. The number of ether oxygens (including phenoxy) is 1. The van der Waals surface area contributed by atoms with Crippen LogP contribution in [0.2, 0.25) is 5.02 Å². The van der Waals surface area contributed by atoms with Gasteiger partial charge in [-0.05, 0) is 61.7 Å². The van der Waals surface area contributed by atoms with Crippen molar-refractivity contribution in [2.24, 2.45) is 5.92 Å². The van der Waals surface area contributed by atoms with Crippen molar-refractivity contribution < 1.29 is 9.53 Å². The van der Waals surface area contributed by atoms with Crippen LogP contribution in [0.25, 0.3) is 0 Å². The van der Waals surface area contributed by atoms with Crippen LogP contribution in [0.3, 0.4) is 0 Å². The molecule has 1 amide bonds. The molecule has 1 atom stereocenters. The number of nitrogens with one attached hydrogen (secondary N) is 1. The summed E-state index contributed by atoms with van der Waals surface area (Å²) in [5.74, 6) is 1.46. The van der Waals surface area contributed by atoms with Crippen molar-refractivity contribution in [3.63, 3.8) is 0 Å². The van der Waals surface area contributed by atoms with Crippen molar-refractivity contribution in [3.05, 3.63) is 64.7 Å². The standard InChI is InChI=1S/C22H27ClN2O2/c1-16-11-13-25(14-12-16)21(17-7-9-18(27-2)10-8-17)15-24-22(26)19-5-3-4-6-20(19)23/h3-10,16,21H,11-15H2,1-2H3,(H,24,26). The molecule has 3 rings (SSSR count). The molecule has 1 aliphatic heterocycles. The van der Waals surface area contributed by atoms with E-state index in [2.05, 4.69) is 29.3 Å². The smallest absolute Gasteiger partial charge is 0.252 e. The van der Waals surface area contributed by atoms with E-state index in [0.717, 1.165) is 24.8 Å². The van der Waals surface area contributed by atoms with Gasteiger partial charge in [0.25, 0.3) is 5.91 Å². The molecule has 1 aliphatic rings. The van der Waals surface area contributed by atoms with E-state index in [9.17, 15) is 4.79 Å². The minimum atomic E-state index is -0.135. The van der Waals surface area contributed by atoms with Gasteiger partial charge in [0.1, 0.15) is 5.75 Å². The summed E-state index contributed by atoms with van der Waals surface area (Å²) in [5, 5.41) is 3.55. The number of hydrogen-bond donors (Lipinski definition) is 1. The number of piperidine rings is 1. The number of likely N-dealkylation sites (tertiary alicyclic amines) is 1. The highest BCUT2D eigenvalue weighted by molar-refractivity contribution is 6.33. The van der Waals surface area contributed by atoms with Crippen molar-refractivity contribution >= 4 is 17.5 Å². The zero-order valence-corrected chi connectivity index (χ0v) is 16.7. The monoisotopic (exact) mass is 386 g/mol. The average Bonchev–Trinajstić information content (AvgIpc) is 2.70. The molecule has 0 radical (unpaired) electrons. The van der Waals surface area contributed by atoms with Crippen molar-refractivity contribution in [1.29, 1.82) is 0 Å². The molecule has 0 spiro atoms. The van der Waals surface area contributed by atoms with E-state index < -0.39 is 0 Å². The number of hydrogen-bond acceptors (Lipinski definition) is 3. The molecular weight excluding hydrogens is 360 g/mol. The Morgan fingerprint density at radius 3 is 2.48 bits per heavy atom. The summed E-state index contributed by atoms with van der Waals surface area (Å²) in [7, 11) is 1.67. The molecule has 144 valence electrons. The Hall–Kier alpha value is -2.04. The van der Waals surface area contributed by atoms with E-state index in [0.29, 0.717) is 17.1 Å². The lowest BCUT2D eigenvalue weighted by Gasteiger charge is -2.37. The molecule has 1 fully saturated rings. The van der Waals surface area contributed by atoms with Crippen LogP contribution in [0.4, 0.5) is 0 Å². The zero-order chi connectivity index (χ0) is 19.2. The quantitative estimate of drug-likeness (QED) is 0.791. The highest BCUT2D eigenvalue weighted by Gasteiger charge is 2.25. The summed E-state index contributed by atoms with van der Waals surface area (Å²) in [6.07, 6.45) is 2.37. The van der Waals surface area contributed by atoms with Crippen molar-refractivity contribution in [3.8, 4) is 5.75 Å². The molecule has 2 aromatic carbocycles. The number of nitrogens with zero attached hydrogens (tertiary/aromatic N) is 1. The van der Waals surface area contributed by atoms with Gasteiger partial charge in [0.2, 0.25) is 0 Å². The van der Waals surface area contributed by atoms with Crippen LogP contribution in [0.15, 0.2) is 48.5 Å². The lowest BCUT2D eigenvalue weighted by Crippen LogP contribution is -2.42. The zero-order valence-electron chi connectivity index (χ0n) is 16.0. The van der Waals surface area contributed by atoms with E-state index in [-0.39, 0.29) is 11.9 Å². The summed E-state index contributed by atoms with van der Waals surface area (Å²) in [6.45, 7) is 4.93. The Kier molecular flexibility index (Phi) is 6.75. The van der Waals surface area contributed by atoms with Gasteiger partial charge in [0.05, 0.1) is 23.7 Å². The highest BCUT2D eigenvalue weighted by atomic mass is 35.5. The molecule has 1 saturated heterocycles. The molecule has 1 N–H and O–H groups in total. The van der Waals surface area contributed by atoms with Crippen LogP contribution in [-0.2, 0) is 0 Å². The van der Waals surface area contributed by atoms with Crippen LogP contribution >= 0.6 is 11.6 Å². The molecule has 0 aromatic heterocycles. The Balaban J connectivity index is 1.75.